The third-order valence-electron chi connectivity index (χ3n) is 2.78. The minimum atomic E-state index is 0.0488. The summed E-state index contributed by atoms with van der Waals surface area (Å²) >= 11 is 0. The first-order valence-corrected chi connectivity index (χ1v) is 5.53. The van der Waals surface area contributed by atoms with Crippen molar-refractivity contribution in [2.45, 2.75) is 0 Å². The molecular weight excluding hydrogens is 200 g/mol. The summed E-state index contributed by atoms with van der Waals surface area (Å²) in [4.78, 5) is 14.0. The molecule has 0 aliphatic carbocycles. The Hall–Kier alpha value is -1.61. The maximum Gasteiger partial charge on any atom is 0.253 e. The van der Waals surface area contributed by atoms with Crippen LogP contribution in [0.2, 0.25) is 0 Å². The molecule has 1 aromatic rings. The summed E-state index contributed by atoms with van der Waals surface area (Å²) in [6.45, 7) is 7.16. The van der Waals surface area contributed by atoms with Crippen molar-refractivity contribution in [1.82, 2.24) is 10.2 Å². The highest BCUT2D eigenvalue weighted by Crippen LogP contribution is 2.14. The third kappa shape index (κ3) is 2.31. The topological polar surface area (TPSA) is 32.3 Å². The van der Waals surface area contributed by atoms with E-state index in [-0.39, 0.29) is 5.91 Å². The van der Waals surface area contributed by atoms with Gasteiger partial charge in [0.2, 0.25) is 0 Å². The van der Waals surface area contributed by atoms with Gasteiger partial charge in [-0.1, -0.05) is 36.9 Å². The summed E-state index contributed by atoms with van der Waals surface area (Å²) in [6.07, 6.45) is 0. The monoisotopic (exact) mass is 216 g/mol. The van der Waals surface area contributed by atoms with E-state index >= 15 is 0 Å². The summed E-state index contributed by atoms with van der Waals surface area (Å²) in [5, 5.41) is 3.22. The van der Waals surface area contributed by atoms with Crippen LogP contribution in [0.25, 0.3) is 5.57 Å². The van der Waals surface area contributed by atoms with E-state index in [0.717, 1.165) is 31.7 Å². The minimum absolute atomic E-state index is 0.0488. The molecule has 1 N–H and O–H groups in total. The lowest BCUT2D eigenvalue weighted by atomic mass is 10.1. The van der Waals surface area contributed by atoms with Crippen LogP contribution in [0.15, 0.2) is 36.9 Å². The van der Waals surface area contributed by atoms with Crippen molar-refractivity contribution in [3.63, 3.8) is 0 Å². The van der Waals surface area contributed by atoms with Gasteiger partial charge in [-0.15, -0.1) is 0 Å². The van der Waals surface area contributed by atoms with Crippen LogP contribution in [0.3, 0.4) is 0 Å². The molecule has 1 aliphatic heterocycles. The highest BCUT2D eigenvalue weighted by molar-refractivity contribution is 6.18. The summed E-state index contributed by atoms with van der Waals surface area (Å²) in [7, 11) is 0. The molecule has 0 spiro atoms. The highest BCUT2D eigenvalue weighted by Gasteiger charge is 2.19. The van der Waals surface area contributed by atoms with E-state index in [1.807, 2.05) is 35.2 Å². The molecule has 0 unspecified atom stereocenters. The van der Waals surface area contributed by atoms with E-state index in [4.69, 9.17) is 0 Å². The van der Waals surface area contributed by atoms with Crippen LogP contribution in [0, 0.1) is 0 Å². The maximum absolute atomic E-state index is 12.1. The first kappa shape index (κ1) is 10.9. The molecule has 0 radical (unpaired) electrons. The van der Waals surface area contributed by atoms with Crippen molar-refractivity contribution >= 4 is 11.5 Å². The molecule has 0 saturated carbocycles. The standard InChI is InChI=1S/C13H16N2O/c1-11(12-5-3-2-4-6-12)13(16)15-9-7-14-8-10-15/h2-6,14H,1,7-10H2. The SMILES string of the molecule is C=C(C(=O)N1CCNCC1)c1ccccc1. The van der Waals surface area contributed by atoms with Crippen LogP contribution in [-0.4, -0.2) is 37.0 Å². The molecule has 0 atom stereocenters. The van der Waals surface area contributed by atoms with Crippen LogP contribution in [0.4, 0.5) is 0 Å². The van der Waals surface area contributed by atoms with Crippen LogP contribution in [-0.2, 0) is 4.79 Å². The quantitative estimate of drug-likeness (QED) is 0.752. The van der Waals surface area contributed by atoms with Crippen molar-refractivity contribution < 1.29 is 4.79 Å². The number of carbonyl (C=O) groups excluding carboxylic acids is 1. The highest BCUT2D eigenvalue weighted by atomic mass is 16.2. The fourth-order valence-corrected chi connectivity index (χ4v) is 1.82. The molecule has 1 aliphatic rings. The van der Waals surface area contributed by atoms with Gasteiger partial charge in [0, 0.05) is 31.8 Å². The molecule has 1 fully saturated rings. The zero-order valence-electron chi connectivity index (χ0n) is 9.28. The Morgan fingerprint density at radius 1 is 1.19 bits per heavy atom. The number of hydrogen-bond acceptors (Lipinski definition) is 2. The van der Waals surface area contributed by atoms with Crippen molar-refractivity contribution in [2.24, 2.45) is 0 Å². The number of benzene rings is 1. The average molecular weight is 216 g/mol. The Kier molecular flexibility index (Phi) is 3.37. The number of hydrogen-bond donors (Lipinski definition) is 1. The molecular formula is C13H16N2O. The van der Waals surface area contributed by atoms with E-state index in [1.165, 1.54) is 0 Å². The second kappa shape index (κ2) is 4.94. The lowest BCUT2D eigenvalue weighted by Gasteiger charge is -2.28. The molecule has 0 aromatic heterocycles. The second-order valence-electron chi connectivity index (χ2n) is 3.89. The zero-order chi connectivity index (χ0) is 11.4. The summed E-state index contributed by atoms with van der Waals surface area (Å²) in [5.41, 5.74) is 1.49. The van der Waals surface area contributed by atoms with Gasteiger partial charge in [-0.2, -0.15) is 0 Å². The van der Waals surface area contributed by atoms with E-state index in [0.29, 0.717) is 5.57 Å². The lowest BCUT2D eigenvalue weighted by Crippen LogP contribution is -2.46. The predicted octanol–water partition coefficient (Wildman–Crippen LogP) is 1.13. The fraction of sp³-hybridized carbons (Fsp3) is 0.308. The maximum atomic E-state index is 12.1. The number of carbonyl (C=O) groups is 1. The number of rotatable bonds is 2. The largest absolute Gasteiger partial charge is 0.336 e. The Balaban J connectivity index is 2.07. The Morgan fingerprint density at radius 3 is 2.44 bits per heavy atom. The molecule has 1 aromatic carbocycles. The molecule has 3 nitrogen and oxygen atoms in total. The molecule has 3 heteroatoms. The first-order chi connectivity index (χ1) is 7.79. The van der Waals surface area contributed by atoms with Gasteiger partial charge in [0.1, 0.15) is 0 Å². The molecule has 1 heterocycles. The number of amides is 1. The fourth-order valence-electron chi connectivity index (χ4n) is 1.82. The summed E-state index contributed by atoms with van der Waals surface area (Å²) in [6, 6.07) is 9.62. The van der Waals surface area contributed by atoms with Crippen molar-refractivity contribution in [3.05, 3.63) is 42.5 Å². The predicted molar refractivity (Wildman–Crippen MR) is 64.9 cm³/mol. The van der Waals surface area contributed by atoms with E-state index < -0.39 is 0 Å². The average Bonchev–Trinajstić information content (AvgIpc) is 2.39. The molecule has 1 saturated heterocycles. The van der Waals surface area contributed by atoms with Gasteiger partial charge in [0.15, 0.2) is 0 Å². The van der Waals surface area contributed by atoms with Crippen molar-refractivity contribution in [3.8, 4) is 0 Å². The van der Waals surface area contributed by atoms with Gasteiger partial charge in [-0.25, -0.2) is 0 Å². The van der Waals surface area contributed by atoms with Crippen LogP contribution in [0.1, 0.15) is 5.56 Å². The molecule has 84 valence electrons. The lowest BCUT2D eigenvalue weighted by molar-refractivity contribution is -0.125. The van der Waals surface area contributed by atoms with E-state index in [9.17, 15) is 4.79 Å². The van der Waals surface area contributed by atoms with Crippen molar-refractivity contribution in [1.29, 1.82) is 0 Å². The molecule has 16 heavy (non-hydrogen) atoms. The summed E-state index contributed by atoms with van der Waals surface area (Å²) in [5.74, 6) is 0.0488. The molecule has 1 amide bonds. The van der Waals surface area contributed by atoms with Crippen LogP contribution >= 0.6 is 0 Å². The van der Waals surface area contributed by atoms with Gasteiger partial charge in [0.05, 0.1) is 0 Å². The molecule has 2 rings (SSSR count). The van der Waals surface area contributed by atoms with Crippen molar-refractivity contribution in [2.75, 3.05) is 26.2 Å². The first-order valence-electron chi connectivity index (χ1n) is 5.53. The second-order valence-corrected chi connectivity index (χ2v) is 3.89. The van der Waals surface area contributed by atoms with Gasteiger partial charge in [-0.05, 0) is 5.56 Å². The Labute approximate surface area is 95.8 Å². The number of nitrogens with zero attached hydrogens (tertiary/aromatic N) is 1. The number of piperazine rings is 1. The van der Waals surface area contributed by atoms with E-state index in [2.05, 4.69) is 11.9 Å². The molecule has 0 bridgehead atoms. The van der Waals surface area contributed by atoms with E-state index in [1.54, 1.807) is 0 Å². The summed E-state index contributed by atoms with van der Waals surface area (Å²) < 4.78 is 0. The number of nitrogens with one attached hydrogen (secondary N) is 1. The van der Waals surface area contributed by atoms with Gasteiger partial charge in [0.25, 0.3) is 5.91 Å². The minimum Gasteiger partial charge on any atom is -0.336 e. The third-order valence-corrected chi connectivity index (χ3v) is 2.78. The normalized spacial score (nSPS) is 15.9. The van der Waals surface area contributed by atoms with Gasteiger partial charge in [-0.3, -0.25) is 4.79 Å². The van der Waals surface area contributed by atoms with Crippen LogP contribution in [0.5, 0.6) is 0 Å². The smallest absolute Gasteiger partial charge is 0.253 e. The Bertz CT molecular complexity index is 380. The van der Waals surface area contributed by atoms with Crippen LogP contribution < -0.4 is 5.32 Å². The van der Waals surface area contributed by atoms with Gasteiger partial charge >= 0.3 is 0 Å². The zero-order valence-corrected chi connectivity index (χ0v) is 9.28. The Morgan fingerprint density at radius 2 is 1.81 bits per heavy atom. The van der Waals surface area contributed by atoms with Gasteiger partial charge < -0.3 is 10.2 Å².